The third-order valence-electron chi connectivity index (χ3n) is 10.1. The van der Waals surface area contributed by atoms with E-state index in [1.807, 2.05) is 0 Å². The minimum absolute atomic E-state index is 0.756. The van der Waals surface area contributed by atoms with Crippen LogP contribution in [0.15, 0.2) is 36.4 Å². The average molecular weight is 473 g/mol. The molecule has 1 aromatic carbocycles. The van der Waals surface area contributed by atoms with Gasteiger partial charge in [0.05, 0.1) is 0 Å². The Kier molecular flexibility index (Phi) is 10.9. The van der Waals surface area contributed by atoms with Gasteiger partial charge in [0.2, 0.25) is 0 Å². The van der Waals surface area contributed by atoms with Gasteiger partial charge in [0.1, 0.15) is 0 Å². The van der Waals surface area contributed by atoms with Crippen LogP contribution in [0.1, 0.15) is 140 Å². The highest BCUT2D eigenvalue weighted by Crippen LogP contribution is 2.42. The lowest BCUT2D eigenvalue weighted by Gasteiger charge is -2.37. The van der Waals surface area contributed by atoms with Crippen LogP contribution in [0.4, 0.5) is 0 Å². The highest BCUT2D eigenvalue weighted by Gasteiger charge is 2.30. The number of hydrogen-bond donors (Lipinski definition) is 0. The molecule has 4 rings (SSSR count). The highest BCUT2D eigenvalue weighted by atomic mass is 14.4. The van der Waals surface area contributed by atoms with Crippen molar-refractivity contribution in [2.45, 2.75) is 129 Å². The fraction of sp³-hybridized carbons (Fsp3) is 0.714. The quantitative estimate of drug-likeness (QED) is 0.261. The van der Waals surface area contributed by atoms with Crippen molar-refractivity contribution < 1.29 is 0 Å². The molecule has 0 amide bonds. The Morgan fingerprint density at radius 1 is 0.714 bits per heavy atom. The van der Waals surface area contributed by atoms with Crippen molar-refractivity contribution in [3.63, 3.8) is 0 Å². The molecule has 3 saturated carbocycles. The summed E-state index contributed by atoms with van der Waals surface area (Å²) in [7, 11) is 0. The van der Waals surface area contributed by atoms with Crippen LogP contribution < -0.4 is 0 Å². The van der Waals surface area contributed by atoms with Crippen molar-refractivity contribution in [1.82, 2.24) is 0 Å². The van der Waals surface area contributed by atoms with Gasteiger partial charge in [-0.25, -0.2) is 0 Å². The van der Waals surface area contributed by atoms with Gasteiger partial charge in [0.15, 0.2) is 0 Å². The zero-order chi connectivity index (χ0) is 24.3. The molecular weight excluding hydrogens is 420 g/mol. The van der Waals surface area contributed by atoms with Gasteiger partial charge in [-0.05, 0) is 123 Å². The molecule has 0 N–H and O–H groups in total. The number of unbranched alkanes of at least 4 members (excludes halogenated alkanes) is 2. The molecule has 0 aromatic heterocycles. The SMILES string of the molecule is CCCCCC1CCC(C2CCC(C=CC#Cc3ccc(C4CCC(CC)CC4)cc3)CC2)CC1. The molecule has 0 atom stereocenters. The first-order valence-corrected chi connectivity index (χ1v) is 15.5. The normalized spacial score (nSPS) is 31.7. The molecular formula is C35H52. The number of hydrogen-bond acceptors (Lipinski definition) is 0. The van der Waals surface area contributed by atoms with Crippen molar-refractivity contribution >= 4 is 0 Å². The zero-order valence-electron chi connectivity index (χ0n) is 22.9. The maximum atomic E-state index is 3.38. The van der Waals surface area contributed by atoms with Crippen LogP contribution in [0.25, 0.3) is 0 Å². The van der Waals surface area contributed by atoms with Gasteiger partial charge in [0, 0.05) is 5.56 Å². The molecule has 0 spiro atoms. The zero-order valence-corrected chi connectivity index (χ0v) is 22.9. The van der Waals surface area contributed by atoms with Crippen LogP contribution in [-0.2, 0) is 0 Å². The van der Waals surface area contributed by atoms with Crippen molar-refractivity contribution in [2.75, 3.05) is 0 Å². The van der Waals surface area contributed by atoms with Crippen LogP contribution in [0.5, 0.6) is 0 Å². The molecule has 3 fully saturated rings. The van der Waals surface area contributed by atoms with E-state index in [4.69, 9.17) is 0 Å². The lowest BCUT2D eigenvalue weighted by atomic mass is 9.68. The van der Waals surface area contributed by atoms with Gasteiger partial charge in [-0.2, -0.15) is 0 Å². The second kappa shape index (κ2) is 14.3. The molecule has 3 aliphatic carbocycles. The summed E-state index contributed by atoms with van der Waals surface area (Å²) in [5.41, 5.74) is 2.69. The fourth-order valence-corrected chi connectivity index (χ4v) is 7.49. The number of allylic oxidation sites excluding steroid dienone is 2. The van der Waals surface area contributed by atoms with Crippen molar-refractivity contribution in [2.24, 2.45) is 29.6 Å². The molecule has 0 bridgehead atoms. The first kappa shape index (κ1) is 26.6. The predicted molar refractivity (Wildman–Crippen MR) is 152 cm³/mol. The van der Waals surface area contributed by atoms with E-state index in [1.54, 1.807) is 0 Å². The summed E-state index contributed by atoms with van der Waals surface area (Å²) in [5, 5.41) is 0. The second-order valence-electron chi connectivity index (χ2n) is 12.3. The lowest BCUT2D eigenvalue weighted by Crippen LogP contribution is -2.25. The Bertz CT molecular complexity index is 794. The molecule has 0 heteroatoms. The standard InChI is InChI=1S/C35H52/c1-3-5-6-9-29-14-22-34(23-15-29)35-26-18-31(19-27-35)11-8-7-10-30-16-24-33(25-17-30)32-20-12-28(4-2)13-21-32/h8,11,16-17,24-25,28-29,31-32,34-35H,3-6,9,12-15,18-23,26-27H2,1-2H3. The number of benzene rings is 1. The summed E-state index contributed by atoms with van der Waals surface area (Å²) in [4.78, 5) is 0. The van der Waals surface area contributed by atoms with E-state index < -0.39 is 0 Å². The van der Waals surface area contributed by atoms with Crippen molar-refractivity contribution in [1.29, 1.82) is 0 Å². The summed E-state index contributed by atoms with van der Waals surface area (Å²) in [6.07, 6.45) is 29.0. The summed E-state index contributed by atoms with van der Waals surface area (Å²) in [5.74, 6) is 12.3. The Morgan fingerprint density at radius 3 is 1.97 bits per heavy atom. The second-order valence-corrected chi connectivity index (χ2v) is 12.3. The monoisotopic (exact) mass is 472 g/mol. The molecule has 3 aliphatic rings. The maximum absolute atomic E-state index is 3.38. The van der Waals surface area contributed by atoms with Crippen molar-refractivity contribution in [3.8, 4) is 11.8 Å². The van der Waals surface area contributed by atoms with Gasteiger partial charge < -0.3 is 0 Å². The third-order valence-corrected chi connectivity index (χ3v) is 10.1. The predicted octanol–water partition coefficient (Wildman–Crippen LogP) is 10.5. The van der Waals surface area contributed by atoms with E-state index in [0.29, 0.717) is 0 Å². The fourth-order valence-electron chi connectivity index (χ4n) is 7.49. The van der Waals surface area contributed by atoms with E-state index in [1.165, 1.54) is 115 Å². The molecule has 0 nitrogen and oxygen atoms in total. The van der Waals surface area contributed by atoms with Gasteiger partial charge in [-0.3, -0.25) is 0 Å². The van der Waals surface area contributed by atoms with Crippen LogP contribution in [0.2, 0.25) is 0 Å². The van der Waals surface area contributed by atoms with Gasteiger partial charge in [-0.1, -0.05) is 88.8 Å². The minimum Gasteiger partial charge on any atom is -0.0730 e. The Balaban J connectivity index is 1.15. The third kappa shape index (κ3) is 8.27. The summed E-state index contributed by atoms with van der Waals surface area (Å²) in [6.45, 7) is 4.67. The Hall–Kier alpha value is -1.48. The van der Waals surface area contributed by atoms with Crippen LogP contribution in [0, 0.1) is 41.4 Å². The molecule has 0 heterocycles. The largest absolute Gasteiger partial charge is 0.0730 e. The van der Waals surface area contributed by atoms with E-state index in [9.17, 15) is 0 Å². The molecule has 0 radical (unpaired) electrons. The molecule has 0 aliphatic heterocycles. The van der Waals surface area contributed by atoms with Gasteiger partial charge in [0.25, 0.3) is 0 Å². The molecule has 0 unspecified atom stereocenters. The average Bonchev–Trinajstić information content (AvgIpc) is 2.92. The van der Waals surface area contributed by atoms with E-state index in [0.717, 1.165) is 41.1 Å². The lowest BCUT2D eigenvalue weighted by molar-refractivity contribution is 0.151. The molecule has 35 heavy (non-hydrogen) atoms. The first-order chi connectivity index (χ1) is 17.2. The van der Waals surface area contributed by atoms with E-state index >= 15 is 0 Å². The molecule has 0 saturated heterocycles. The minimum atomic E-state index is 0.756. The van der Waals surface area contributed by atoms with Crippen molar-refractivity contribution in [3.05, 3.63) is 47.5 Å². The van der Waals surface area contributed by atoms with Crippen LogP contribution in [0.3, 0.4) is 0 Å². The Morgan fingerprint density at radius 2 is 1.34 bits per heavy atom. The van der Waals surface area contributed by atoms with E-state index in [2.05, 4.69) is 62.1 Å². The van der Waals surface area contributed by atoms with Crippen LogP contribution >= 0.6 is 0 Å². The van der Waals surface area contributed by atoms with Gasteiger partial charge in [-0.15, -0.1) is 0 Å². The number of rotatable bonds is 8. The topological polar surface area (TPSA) is 0 Å². The van der Waals surface area contributed by atoms with Crippen LogP contribution in [-0.4, -0.2) is 0 Å². The summed E-state index contributed by atoms with van der Waals surface area (Å²) < 4.78 is 0. The highest BCUT2D eigenvalue weighted by molar-refractivity contribution is 5.39. The first-order valence-electron chi connectivity index (χ1n) is 15.5. The molecule has 1 aromatic rings. The van der Waals surface area contributed by atoms with Gasteiger partial charge >= 0.3 is 0 Å². The molecule has 192 valence electrons. The Labute approximate surface area is 217 Å². The van der Waals surface area contributed by atoms with E-state index in [-0.39, 0.29) is 0 Å². The maximum Gasteiger partial charge on any atom is 0.0249 e. The smallest absolute Gasteiger partial charge is 0.0249 e. The summed E-state index contributed by atoms with van der Waals surface area (Å²) >= 11 is 0. The summed E-state index contributed by atoms with van der Waals surface area (Å²) in [6, 6.07) is 9.16.